The van der Waals surface area contributed by atoms with E-state index in [0.717, 1.165) is 17.7 Å². The van der Waals surface area contributed by atoms with E-state index >= 15 is 0 Å². The van der Waals surface area contributed by atoms with Gasteiger partial charge in [-0.15, -0.1) is 0 Å². The lowest BCUT2D eigenvalue weighted by Gasteiger charge is -2.10. The molecule has 0 saturated carbocycles. The number of halogens is 3. The highest BCUT2D eigenvalue weighted by atomic mass is 32.2. The molecule has 0 aliphatic rings. The van der Waals surface area contributed by atoms with Crippen molar-refractivity contribution in [1.82, 2.24) is 5.32 Å². The Kier molecular flexibility index (Phi) is 6.45. The second-order valence-corrected chi connectivity index (χ2v) is 7.16. The Hall–Kier alpha value is -2.59. The number of sulfonamides is 1. The van der Waals surface area contributed by atoms with E-state index in [0.29, 0.717) is 6.42 Å². The average molecular weight is 402 g/mol. The Morgan fingerprint density at radius 3 is 2.37 bits per heavy atom. The molecular weight excluding hydrogens is 385 g/mol. The molecule has 6 nitrogen and oxygen atoms in total. The van der Waals surface area contributed by atoms with E-state index in [9.17, 15) is 26.4 Å². The van der Waals surface area contributed by atoms with Crippen LogP contribution >= 0.6 is 0 Å². The number of ether oxygens (including phenoxy) is 1. The van der Waals surface area contributed by atoms with Crippen LogP contribution in [0.1, 0.15) is 11.1 Å². The van der Waals surface area contributed by atoms with Gasteiger partial charge in [0.2, 0.25) is 10.0 Å². The molecule has 2 rings (SSSR count). The average Bonchev–Trinajstić information content (AvgIpc) is 2.59. The predicted molar refractivity (Wildman–Crippen MR) is 91.5 cm³/mol. The quantitative estimate of drug-likeness (QED) is 0.741. The normalized spacial score (nSPS) is 11.9. The highest BCUT2D eigenvalue weighted by Gasteiger charge is 2.30. The molecule has 0 aliphatic carbocycles. The van der Waals surface area contributed by atoms with Crippen molar-refractivity contribution in [2.75, 3.05) is 13.2 Å². The van der Waals surface area contributed by atoms with Gasteiger partial charge >= 0.3 is 6.18 Å². The maximum atomic E-state index is 12.6. The van der Waals surface area contributed by atoms with Crippen LogP contribution in [0.2, 0.25) is 0 Å². The first-order chi connectivity index (χ1) is 12.6. The molecule has 2 aromatic carbocycles. The van der Waals surface area contributed by atoms with Crippen LogP contribution < -0.4 is 15.2 Å². The van der Waals surface area contributed by atoms with Gasteiger partial charge in [-0.25, -0.2) is 13.6 Å². The lowest BCUT2D eigenvalue weighted by molar-refractivity contribution is -0.137. The molecule has 0 heterocycles. The van der Waals surface area contributed by atoms with Crippen LogP contribution in [0.5, 0.6) is 5.75 Å². The number of hydrogen-bond acceptors (Lipinski definition) is 4. The maximum Gasteiger partial charge on any atom is 0.416 e. The van der Waals surface area contributed by atoms with Gasteiger partial charge in [-0.3, -0.25) is 4.79 Å². The van der Waals surface area contributed by atoms with Crippen LogP contribution in [0.4, 0.5) is 13.2 Å². The fourth-order valence-corrected chi connectivity index (χ4v) is 2.67. The SMILES string of the molecule is NS(=O)(=O)c1ccc(CCNC(=O)COc2cccc(C(F)(F)F)c2)cc1. The van der Waals surface area contributed by atoms with Crippen molar-refractivity contribution in [2.24, 2.45) is 5.14 Å². The number of nitrogens with one attached hydrogen (secondary N) is 1. The first-order valence-electron chi connectivity index (χ1n) is 7.74. The third-order valence-corrected chi connectivity index (χ3v) is 4.45. The second kappa shape index (κ2) is 8.40. The third kappa shape index (κ3) is 6.57. The minimum Gasteiger partial charge on any atom is -0.484 e. The highest BCUT2D eigenvalue weighted by Crippen LogP contribution is 2.31. The van der Waals surface area contributed by atoms with Gasteiger partial charge in [0.15, 0.2) is 6.61 Å². The smallest absolute Gasteiger partial charge is 0.416 e. The van der Waals surface area contributed by atoms with Gasteiger partial charge in [0.05, 0.1) is 10.5 Å². The summed E-state index contributed by atoms with van der Waals surface area (Å²) in [6, 6.07) is 10.1. The van der Waals surface area contributed by atoms with Gasteiger partial charge < -0.3 is 10.1 Å². The van der Waals surface area contributed by atoms with E-state index in [1.807, 2.05) is 0 Å². The van der Waals surface area contributed by atoms with Crippen LogP contribution in [0.3, 0.4) is 0 Å². The van der Waals surface area contributed by atoms with E-state index in [1.54, 1.807) is 12.1 Å². The Morgan fingerprint density at radius 2 is 1.78 bits per heavy atom. The molecule has 0 spiro atoms. The van der Waals surface area contributed by atoms with Crippen molar-refractivity contribution in [2.45, 2.75) is 17.5 Å². The number of nitrogens with two attached hydrogens (primary N) is 1. The summed E-state index contributed by atoms with van der Waals surface area (Å²) < 4.78 is 65.2. The van der Waals surface area contributed by atoms with E-state index in [4.69, 9.17) is 9.88 Å². The molecule has 10 heteroatoms. The Morgan fingerprint density at radius 1 is 1.11 bits per heavy atom. The molecule has 0 aliphatic heterocycles. The highest BCUT2D eigenvalue weighted by molar-refractivity contribution is 7.89. The van der Waals surface area contributed by atoms with Gasteiger partial charge in [0.25, 0.3) is 5.91 Å². The van der Waals surface area contributed by atoms with Crippen LogP contribution in [0, 0.1) is 0 Å². The summed E-state index contributed by atoms with van der Waals surface area (Å²) in [7, 11) is -3.76. The minimum absolute atomic E-state index is 0.00947. The molecule has 0 bridgehead atoms. The summed E-state index contributed by atoms with van der Waals surface area (Å²) >= 11 is 0. The number of carbonyl (C=O) groups excluding carboxylic acids is 1. The second-order valence-electron chi connectivity index (χ2n) is 5.60. The Balaban J connectivity index is 1.78. The predicted octanol–water partition coefficient (Wildman–Crippen LogP) is 2.09. The zero-order valence-corrected chi connectivity index (χ0v) is 14.8. The molecule has 146 valence electrons. The van der Waals surface area contributed by atoms with Crippen LogP contribution in [0.25, 0.3) is 0 Å². The number of rotatable bonds is 7. The molecule has 3 N–H and O–H groups in total. The lowest BCUT2D eigenvalue weighted by Crippen LogP contribution is -2.30. The zero-order chi connectivity index (χ0) is 20.1. The van der Waals surface area contributed by atoms with E-state index in [1.165, 1.54) is 24.3 Å². The number of alkyl halides is 3. The standard InChI is InChI=1S/C17H17F3N2O4S/c18-17(19,20)13-2-1-3-14(10-13)26-11-16(23)22-9-8-12-4-6-15(7-5-12)27(21,24)25/h1-7,10H,8-9,11H2,(H,22,23)(H2,21,24,25). The monoisotopic (exact) mass is 402 g/mol. The molecule has 0 fully saturated rings. The molecule has 0 saturated heterocycles. The van der Waals surface area contributed by atoms with Gasteiger partial charge in [0.1, 0.15) is 5.75 Å². The van der Waals surface area contributed by atoms with E-state index in [-0.39, 0.29) is 17.2 Å². The summed E-state index contributed by atoms with van der Waals surface area (Å²) in [5, 5.41) is 7.56. The van der Waals surface area contributed by atoms with Crippen molar-refractivity contribution < 1.29 is 31.1 Å². The fraction of sp³-hybridized carbons (Fsp3) is 0.235. The van der Waals surface area contributed by atoms with Crippen LogP contribution in [-0.4, -0.2) is 27.5 Å². The van der Waals surface area contributed by atoms with Gasteiger partial charge in [0, 0.05) is 6.54 Å². The first-order valence-corrected chi connectivity index (χ1v) is 9.29. The number of benzene rings is 2. The van der Waals surface area contributed by atoms with Crippen molar-refractivity contribution in [1.29, 1.82) is 0 Å². The van der Waals surface area contributed by atoms with Crippen molar-refractivity contribution in [3.05, 3.63) is 59.7 Å². The van der Waals surface area contributed by atoms with Crippen LogP contribution in [0.15, 0.2) is 53.4 Å². The lowest BCUT2D eigenvalue weighted by atomic mass is 10.1. The molecule has 27 heavy (non-hydrogen) atoms. The Bertz CT molecular complexity index is 897. The molecule has 1 amide bonds. The summed E-state index contributed by atoms with van der Waals surface area (Å²) in [6.45, 7) is -0.175. The molecule has 0 unspecified atom stereocenters. The maximum absolute atomic E-state index is 12.6. The molecular formula is C17H17F3N2O4S. The first kappa shape index (κ1) is 20.7. The third-order valence-electron chi connectivity index (χ3n) is 3.52. The fourth-order valence-electron chi connectivity index (χ4n) is 2.15. The molecule has 0 aromatic heterocycles. The van der Waals surface area contributed by atoms with Crippen molar-refractivity contribution >= 4 is 15.9 Å². The molecule has 0 radical (unpaired) electrons. The zero-order valence-electron chi connectivity index (χ0n) is 14.0. The number of primary sulfonamides is 1. The summed E-state index contributed by atoms with van der Waals surface area (Å²) in [5.74, 6) is -0.549. The van der Waals surface area contributed by atoms with Gasteiger partial charge in [-0.1, -0.05) is 18.2 Å². The summed E-state index contributed by atoms with van der Waals surface area (Å²) in [5.41, 5.74) is -0.0788. The Labute approximate surface area is 154 Å². The topological polar surface area (TPSA) is 98.5 Å². The minimum atomic E-state index is -4.49. The number of hydrogen-bond donors (Lipinski definition) is 2. The van der Waals surface area contributed by atoms with E-state index < -0.39 is 34.3 Å². The summed E-state index contributed by atoms with van der Waals surface area (Å²) in [4.78, 5) is 11.7. The number of carbonyl (C=O) groups is 1. The van der Waals surface area contributed by atoms with Crippen molar-refractivity contribution in [3.63, 3.8) is 0 Å². The van der Waals surface area contributed by atoms with E-state index in [2.05, 4.69) is 5.32 Å². The number of amides is 1. The van der Waals surface area contributed by atoms with Crippen molar-refractivity contribution in [3.8, 4) is 5.75 Å². The molecule has 0 atom stereocenters. The van der Waals surface area contributed by atoms with Crippen LogP contribution in [-0.2, 0) is 27.4 Å². The molecule has 2 aromatic rings. The van der Waals surface area contributed by atoms with Gasteiger partial charge in [-0.2, -0.15) is 13.2 Å². The summed E-state index contributed by atoms with van der Waals surface area (Å²) in [6.07, 6.45) is -4.05. The largest absolute Gasteiger partial charge is 0.484 e. The van der Waals surface area contributed by atoms with Gasteiger partial charge in [-0.05, 0) is 42.3 Å².